The minimum absolute atomic E-state index is 0.168. The van der Waals surface area contributed by atoms with E-state index in [0.29, 0.717) is 6.04 Å². The predicted octanol–water partition coefficient (Wildman–Crippen LogP) is 3.35. The number of aromatic nitrogens is 4. The Bertz CT molecular complexity index is 866. The van der Waals surface area contributed by atoms with Gasteiger partial charge in [0.05, 0.1) is 10.6 Å². The van der Waals surface area contributed by atoms with Crippen molar-refractivity contribution in [1.29, 1.82) is 0 Å². The highest BCUT2D eigenvalue weighted by atomic mass is 32.1. The highest BCUT2D eigenvalue weighted by Gasteiger charge is 2.24. The molecule has 0 bridgehead atoms. The number of aryl methyl sites for hydroxylation is 1. The van der Waals surface area contributed by atoms with Crippen molar-refractivity contribution in [2.45, 2.75) is 32.2 Å². The summed E-state index contributed by atoms with van der Waals surface area (Å²) in [5.41, 5.74) is 2.77. The summed E-state index contributed by atoms with van der Waals surface area (Å²) in [5, 5.41) is 8.30. The third kappa shape index (κ3) is 2.94. The number of nitrogens with zero attached hydrogens (tertiary/aromatic N) is 4. The van der Waals surface area contributed by atoms with Crippen LogP contribution < -0.4 is 5.32 Å². The summed E-state index contributed by atoms with van der Waals surface area (Å²) in [5.74, 6) is 0. The van der Waals surface area contributed by atoms with Gasteiger partial charge in [-0.25, -0.2) is 9.78 Å². The predicted molar refractivity (Wildman–Crippen MR) is 92.9 cm³/mol. The summed E-state index contributed by atoms with van der Waals surface area (Å²) in [6.07, 6.45) is 8.19. The van der Waals surface area contributed by atoms with E-state index in [4.69, 9.17) is 4.98 Å². The second-order valence-electron chi connectivity index (χ2n) is 5.76. The monoisotopic (exact) mass is 339 g/mol. The molecule has 122 valence electrons. The zero-order valence-electron chi connectivity index (χ0n) is 13.3. The molecule has 1 amide bonds. The second-order valence-corrected chi connectivity index (χ2v) is 6.76. The van der Waals surface area contributed by atoms with Gasteiger partial charge in [0.15, 0.2) is 0 Å². The zero-order chi connectivity index (χ0) is 16.5. The third-order valence-corrected chi connectivity index (χ3v) is 5.04. The van der Waals surface area contributed by atoms with Crippen LogP contribution in [0.2, 0.25) is 0 Å². The van der Waals surface area contributed by atoms with Crippen LogP contribution in [0.4, 0.5) is 4.79 Å². The van der Waals surface area contributed by atoms with Crippen molar-refractivity contribution in [2.24, 2.45) is 0 Å². The van der Waals surface area contributed by atoms with Crippen molar-refractivity contribution in [2.75, 3.05) is 0 Å². The summed E-state index contributed by atoms with van der Waals surface area (Å²) in [7, 11) is 0. The van der Waals surface area contributed by atoms with Crippen molar-refractivity contribution in [1.82, 2.24) is 25.1 Å². The number of carbonyl (C=O) groups is 1. The first-order chi connectivity index (χ1) is 11.7. The van der Waals surface area contributed by atoms with E-state index in [-0.39, 0.29) is 6.03 Å². The summed E-state index contributed by atoms with van der Waals surface area (Å²) in [4.78, 5) is 22.0. The smallest absolute Gasteiger partial charge is 0.333 e. The molecule has 1 saturated carbocycles. The molecule has 0 aliphatic heterocycles. The Balaban J connectivity index is 1.65. The van der Waals surface area contributed by atoms with E-state index in [9.17, 15) is 4.79 Å². The molecule has 0 atom stereocenters. The first-order valence-electron chi connectivity index (χ1n) is 8.01. The average molecular weight is 339 g/mol. The number of thiazole rings is 1. The molecule has 4 rings (SSSR count). The van der Waals surface area contributed by atoms with Crippen LogP contribution in [-0.2, 0) is 6.42 Å². The molecule has 3 aromatic rings. The van der Waals surface area contributed by atoms with Crippen LogP contribution >= 0.6 is 11.3 Å². The molecule has 0 radical (unpaired) electrons. The average Bonchev–Trinajstić information content (AvgIpc) is 3.14. The number of hydrogen-bond donors (Lipinski definition) is 1. The molecule has 0 spiro atoms. The SMILES string of the molecule is CCc1nc(-c2cccnc2)sc1-c1ccn(C(=O)NC2CC2)n1. The van der Waals surface area contributed by atoms with Crippen LogP contribution in [0.3, 0.4) is 0 Å². The van der Waals surface area contributed by atoms with E-state index >= 15 is 0 Å². The van der Waals surface area contributed by atoms with Crippen molar-refractivity contribution >= 4 is 17.4 Å². The lowest BCUT2D eigenvalue weighted by molar-refractivity contribution is 0.239. The quantitative estimate of drug-likeness (QED) is 0.791. The molecule has 3 aromatic heterocycles. The number of carbonyl (C=O) groups excluding carboxylic acids is 1. The zero-order valence-corrected chi connectivity index (χ0v) is 14.1. The Morgan fingerprint density at radius 1 is 1.42 bits per heavy atom. The van der Waals surface area contributed by atoms with E-state index in [0.717, 1.165) is 46.1 Å². The maximum Gasteiger partial charge on any atom is 0.342 e. The second kappa shape index (κ2) is 6.16. The molecule has 0 unspecified atom stereocenters. The van der Waals surface area contributed by atoms with Gasteiger partial charge in [-0.2, -0.15) is 9.78 Å². The van der Waals surface area contributed by atoms with E-state index in [2.05, 4.69) is 22.3 Å². The molecule has 6 nitrogen and oxygen atoms in total. The van der Waals surface area contributed by atoms with Crippen LogP contribution in [-0.4, -0.2) is 31.8 Å². The fraction of sp³-hybridized carbons (Fsp3) is 0.294. The van der Waals surface area contributed by atoms with Crippen molar-refractivity contribution in [3.8, 4) is 21.1 Å². The van der Waals surface area contributed by atoms with Crippen molar-refractivity contribution < 1.29 is 4.79 Å². The lowest BCUT2D eigenvalue weighted by Crippen LogP contribution is -2.30. The standard InChI is InChI=1S/C17H17N5OS/c1-2-13-15(24-16(20-13)11-4-3-8-18-10-11)14-7-9-22(21-14)17(23)19-12-5-6-12/h3-4,7-10,12H,2,5-6H2,1H3,(H,19,23). The minimum Gasteiger partial charge on any atom is -0.333 e. The van der Waals surface area contributed by atoms with Crippen LogP contribution in [0.1, 0.15) is 25.5 Å². The highest BCUT2D eigenvalue weighted by Crippen LogP contribution is 2.34. The number of amides is 1. The molecule has 24 heavy (non-hydrogen) atoms. The first kappa shape index (κ1) is 15.0. The van der Waals surface area contributed by atoms with E-state index in [1.165, 1.54) is 4.68 Å². The molecule has 3 heterocycles. The summed E-state index contributed by atoms with van der Waals surface area (Å²) in [6.45, 7) is 2.07. The fourth-order valence-corrected chi connectivity index (χ4v) is 3.54. The fourth-order valence-electron chi connectivity index (χ4n) is 2.43. The van der Waals surface area contributed by atoms with E-state index in [1.807, 2.05) is 24.4 Å². The van der Waals surface area contributed by atoms with E-state index in [1.54, 1.807) is 23.7 Å². The highest BCUT2D eigenvalue weighted by molar-refractivity contribution is 7.18. The van der Waals surface area contributed by atoms with Crippen LogP contribution in [0.5, 0.6) is 0 Å². The van der Waals surface area contributed by atoms with Gasteiger partial charge in [0.25, 0.3) is 0 Å². The lowest BCUT2D eigenvalue weighted by Gasteiger charge is -2.01. The van der Waals surface area contributed by atoms with Gasteiger partial charge in [0.1, 0.15) is 10.7 Å². The van der Waals surface area contributed by atoms with Gasteiger partial charge in [-0.15, -0.1) is 11.3 Å². The van der Waals surface area contributed by atoms with Crippen LogP contribution in [0.15, 0.2) is 36.8 Å². The van der Waals surface area contributed by atoms with Gasteiger partial charge in [-0.1, -0.05) is 6.92 Å². The summed E-state index contributed by atoms with van der Waals surface area (Å²) in [6, 6.07) is 5.91. The Kier molecular flexibility index (Phi) is 3.86. The summed E-state index contributed by atoms with van der Waals surface area (Å²) < 4.78 is 1.37. The van der Waals surface area contributed by atoms with Crippen LogP contribution in [0.25, 0.3) is 21.1 Å². The molecule has 7 heteroatoms. The third-order valence-electron chi connectivity index (χ3n) is 3.88. The van der Waals surface area contributed by atoms with Gasteiger partial charge in [0, 0.05) is 30.2 Å². The van der Waals surface area contributed by atoms with Crippen LogP contribution in [0, 0.1) is 0 Å². The van der Waals surface area contributed by atoms with Crippen molar-refractivity contribution in [3.05, 3.63) is 42.5 Å². The van der Waals surface area contributed by atoms with Gasteiger partial charge in [-0.05, 0) is 37.5 Å². The van der Waals surface area contributed by atoms with Crippen molar-refractivity contribution in [3.63, 3.8) is 0 Å². The lowest BCUT2D eigenvalue weighted by atomic mass is 10.2. The topological polar surface area (TPSA) is 72.7 Å². The Hall–Kier alpha value is -2.54. The number of pyridine rings is 1. The number of hydrogen-bond acceptors (Lipinski definition) is 5. The normalized spacial score (nSPS) is 13.9. The Morgan fingerprint density at radius 2 is 2.29 bits per heavy atom. The van der Waals surface area contributed by atoms with Gasteiger partial charge < -0.3 is 5.32 Å². The maximum absolute atomic E-state index is 12.1. The Morgan fingerprint density at radius 3 is 3.00 bits per heavy atom. The largest absolute Gasteiger partial charge is 0.342 e. The molecule has 1 aliphatic carbocycles. The molecule has 0 aromatic carbocycles. The molecule has 0 saturated heterocycles. The maximum atomic E-state index is 12.1. The first-order valence-corrected chi connectivity index (χ1v) is 8.83. The van der Waals surface area contributed by atoms with E-state index < -0.39 is 0 Å². The minimum atomic E-state index is -0.168. The van der Waals surface area contributed by atoms with Gasteiger partial charge in [-0.3, -0.25) is 4.98 Å². The molecule has 1 aliphatic rings. The molecule has 1 fully saturated rings. The van der Waals surface area contributed by atoms with Gasteiger partial charge in [0.2, 0.25) is 0 Å². The Labute approximate surface area is 143 Å². The molecule has 1 N–H and O–H groups in total. The number of rotatable bonds is 4. The summed E-state index contributed by atoms with van der Waals surface area (Å²) >= 11 is 1.58. The molecular weight excluding hydrogens is 322 g/mol. The molecular formula is C17H17N5OS. The van der Waals surface area contributed by atoms with Gasteiger partial charge >= 0.3 is 6.03 Å². The number of nitrogens with one attached hydrogen (secondary N) is 1.